The van der Waals surface area contributed by atoms with Gasteiger partial charge in [-0.15, -0.1) is 24.8 Å². The number of aromatic nitrogens is 1. The fraction of sp³-hybridized carbons (Fsp3) is 0.455. The Morgan fingerprint density at radius 2 is 2.15 bits per heavy atom. The fourth-order valence-corrected chi connectivity index (χ4v) is 2.40. The van der Waals surface area contributed by atoms with Gasteiger partial charge in [-0.05, 0) is 40.6 Å². The zero-order valence-electron chi connectivity index (χ0n) is 10.3. The first-order valence-corrected chi connectivity index (χ1v) is 7.03. The Hall–Kier alpha value is -0.770. The molecular formula is C11H10ClF3INO3. The van der Waals surface area contributed by atoms with Crippen LogP contribution in [-0.2, 0) is 21.8 Å². The maximum atomic E-state index is 12.2. The number of ether oxygens (including phenoxy) is 2. The molecule has 0 unspecified atom stereocenters. The van der Waals surface area contributed by atoms with Gasteiger partial charge in [0.05, 0.1) is 16.6 Å². The Morgan fingerprint density at radius 1 is 1.50 bits per heavy atom. The lowest BCUT2D eigenvalue weighted by Gasteiger charge is -2.14. The summed E-state index contributed by atoms with van der Waals surface area (Å²) in [4.78, 5) is 15.0. The van der Waals surface area contributed by atoms with Crippen molar-refractivity contribution in [3.05, 3.63) is 20.9 Å². The SMILES string of the molecule is CCOC(=O)Cc1c(CCl)cnc(OC(F)(F)F)c1I. The van der Waals surface area contributed by atoms with Crippen LogP contribution in [0.1, 0.15) is 18.1 Å². The van der Waals surface area contributed by atoms with Gasteiger partial charge in [-0.2, -0.15) is 0 Å². The van der Waals surface area contributed by atoms with Gasteiger partial charge in [-0.25, -0.2) is 4.98 Å². The van der Waals surface area contributed by atoms with Crippen molar-refractivity contribution in [1.29, 1.82) is 0 Å². The zero-order valence-corrected chi connectivity index (χ0v) is 13.2. The molecule has 0 bridgehead atoms. The van der Waals surface area contributed by atoms with E-state index in [4.69, 9.17) is 16.3 Å². The highest BCUT2D eigenvalue weighted by Gasteiger charge is 2.33. The van der Waals surface area contributed by atoms with E-state index in [0.29, 0.717) is 11.1 Å². The van der Waals surface area contributed by atoms with Crippen LogP contribution in [0, 0.1) is 3.57 Å². The highest BCUT2D eigenvalue weighted by atomic mass is 127. The van der Waals surface area contributed by atoms with Gasteiger partial charge >= 0.3 is 12.3 Å². The van der Waals surface area contributed by atoms with E-state index in [0.717, 1.165) is 6.20 Å². The van der Waals surface area contributed by atoms with Crippen molar-refractivity contribution in [3.8, 4) is 5.88 Å². The Labute approximate surface area is 131 Å². The maximum absolute atomic E-state index is 12.2. The molecule has 0 aliphatic carbocycles. The summed E-state index contributed by atoms with van der Waals surface area (Å²) in [6, 6.07) is 0. The number of esters is 1. The average Bonchev–Trinajstić information content (AvgIpc) is 2.33. The predicted octanol–water partition coefficient (Wildman–Crippen LogP) is 3.43. The van der Waals surface area contributed by atoms with E-state index in [1.54, 1.807) is 29.5 Å². The molecule has 0 fully saturated rings. The third kappa shape index (κ3) is 4.97. The Balaban J connectivity index is 3.12. The molecule has 20 heavy (non-hydrogen) atoms. The molecular weight excluding hydrogens is 413 g/mol. The van der Waals surface area contributed by atoms with E-state index < -0.39 is 18.2 Å². The summed E-state index contributed by atoms with van der Waals surface area (Å²) in [5, 5.41) is 0. The third-order valence-electron chi connectivity index (χ3n) is 2.16. The van der Waals surface area contributed by atoms with Gasteiger partial charge in [-0.1, -0.05) is 0 Å². The molecule has 4 nitrogen and oxygen atoms in total. The zero-order chi connectivity index (χ0) is 15.3. The summed E-state index contributed by atoms with van der Waals surface area (Å²) < 4.78 is 45.4. The molecule has 0 aromatic carbocycles. The van der Waals surface area contributed by atoms with E-state index in [9.17, 15) is 18.0 Å². The summed E-state index contributed by atoms with van der Waals surface area (Å²) in [5.74, 6) is -1.14. The Bertz CT molecular complexity index is 497. The van der Waals surface area contributed by atoms with Crippen LogP contribution in [0.3, 0.4) is 0 Å². The van der Waals surface area contributed by atoms with Gasteiger partial charge < -0.3 is 9.47 Å². The van der Waals surface area contributed by atoms with Crippen LogP contribution in [0.5, 0.6) is 5.88 Å². The second kappa shape index (κ2) is 7.30. The van der Waals surface area contributed by atoms with Crippen LogP contribution < -0.4 is 4.74 Å². The summed E-state index contributed by atoms with van der Waals surface area (Å²) in [6.45, 7) is 1.82. The van der Waals surface area contributed by atoms with E-state index >= 15 is 0 Å². The van der Waals surface area contributed by atoms with E-state index in [-0.39, 0.29) is 22.5 Å². The molecule has 1 aromatic rings. The number of carbonyl (C=O) groups is 1. The van der Waals surface area contributed by atoms with Gasteiger partial charge in [0.15, 0.2) is 0 Å². The summed E-state index contributed by atoms with van der Waals surface area (Å²) >= 11 is 7.33. The van der Waals surface area contributed by atoms with Gasteiger partial charge in [0.25, 0.3) is 0 Å². The molecule has 1 rings (SSSR count). The minimum atomic E-state index is -4.85. The van der Waals surface area contributed by atoms with Crippen molar-refractivity contribution in [2.75, 3.05) is 6.61 Å². The van der Waals surface area contributed by atoms with Crippen molar-refractivity contribution < 1.29 is 27.4 Å². The summed E-state index contributed by atoms with van der Waals surface area (Å²) in [5.41, 5.74) is 0.784. The van der Waals surface area contributed by atoms with E-state index in [2.05, 4.69) is 9.72 Å². The lowest BCUT2D eigenvalue weighted by atomic mass is 10.1. The van der Waals surface area contributed by atoms with Crippen molar-refractivity contribution in [1.82, 2.24) is 4.98 Å². The van der Waals surface area contributed by atoms with Crippen LogP contribution in [0.15, 0.2) is 6.20 Å². The van der Waals surface area contributed by atoms with Crippen LogP contribution in [-0.4, -0.2) is 23.9 Å². The fourth-order valence-electron chi connectivity index (χ4n) is 1.38. The second-order valence-corrected chi connectivity index (χ2v) is 4.89. The molecule has 0 saturated carbocycles. The number of alkyl halides is 4. The quantitative estimate of drug-likeness (QED) is 0.414. The molecule has 0 amide bonds. The summed E-state index contributed by atoms with van der Waals surface area (Å²) in [7, 11) is 0. The molecule has 9 heteroatoms. The van der Waals surface area contributed by atoms with Gasteiger partial charge in [0, 0.05) is 12.1 Å². The number of rotatable bonds is 5. The first-order valence-electron chi connectivity index (χ1n) is 5.42. The Morgan fingerprint density at radius 3 is 2.65 bits per heavy atom. The maximum Gasteiger partial charge on any atom is 0.574 e. The first kappa shape index (κ1) is 17.3. The minimum absolute atomic E-state index is 0.0179. The van der Waals surface area contributed by atoms with Crippen LogP contribution in [0.25, 0.3) is 0 Å². The molecule has 112 valence electrons. The predicted molar refractivity (Wildman–Crippen MR) is 73.5 cm³/mol. The standard InChI is InChI=1S/C11H10ClF3INO3/c1-2-19-8(18)3-7-6(4-12)5-17-10(9(7)16)20-11(13,14)15/h5H,2-4H2,1H3. The van der Waals surface area contributed by atoms with Gasteiger partial charge in [0.2, 0.25) is 5.88 Å². The molecule has 0 radical (unpaired) electrons. The number of hydrogen-bond acceptors (Lipinski definition) is 4. The highest BCUT2D eigenvalue weighted by molar-refractivity contribution is 14.1. The largest absolute Gasteiger partial charge is 0.574 e. The van der Waals surface area contributed by atoms with Crippen molar-refractivity contribution in [2.45, 2.75) is 25.6 Å². The molecule has 0 N–H and O–H groups in total. The molecule has 0 aliphatic heterocycles. The lowest BCUT2D eigenvalue weighted by molar-refractivity contribution is -0.276. The minimum Gasteiger partial charge on any atom is -0.466 e. The molecule has 0 saturated heterocycles. The molecule has 1 heterocycles. The van der Waals surface area contributed by atoms with Gasteiger partial charge in [-0.3, -0.25) is 4.79 Å². The number of carbonyl (C=O) groups excluding carboxylic acids is 1. The number of nitrogens with zero attached hydrogens (tertiary/aromatic N) is 1. The molecule has 1 aromatic heterocycles. The van der Waals surface area contributed by atoms with E-state index in [1.165, 1.54) is 0 Å². The van der Waals surface area contributed by atoms with Crippen LogP contribution in [0.4, 0.5) is 13.2 Å². The topological polar surface area (TPSA) is 48.4 Å². The number of hydrogen-bond donors (Lipinski definition) is 0. The third-order valence-corrected chi connectivity index (χ3v) is 3.56. The number of halogens is 5. The number of pyridine rings is 1. The lowest BCUT2D eigenvalue weighted by Crippen LogP contribution is -2.20. The van der Waals surface area contributed by atoms with Crippen molar-refractivity contribution in [3.63, 3.8) is 0 Å². The van der Waals surface area contributed by atoms with Crippen molar-refractivity contribution >= 4 is 40.2 Å². The van der Waals surface area contributed by atoms with Crippen molar-refractivity contribution in [2.24, 2.45) is 0 Å². The average molecular weight is 424 g/mol. The van der Waals surface area contributed by atoms with Crippen LogP contribution in [0.2, 0.25) is 0 Å². The summed E-state index contributed by atoms with van der Waals surface area (Å²) in [6.07, 6.45) is -3.88. The van der Waals surface area contributed by atoms with Gasteiger partial charge in [0.1, 0.15) is 0 Å². The Kier molecular flexibility index (Phi) is 6.31. The normalized spacial score (nSPS) is 11.3. The second-order valence-electron chi connectivity index (χ2n) is 3.54. The molecule has 0 aliphatic rings. The first-order chi connectivity index (χ1) is 9.28. The van der Waals surface area contributed by atoms with E-state index in [1.807, 2.05) is 0 Å². The monoisotopic (exact) mass is 423 g/mol. The van der Waals surface area contributed by atoms with Crippen LogP contribution >= 0.6 is 34.2 Å². The smallest absolute Gasteiger partial charge is 0.466 e. The molecule has 0 atom stereocenters. The molecule has 0 spiro atoms. The highest BCUT2D eigenvalue weighted by Crippen LogP contribution is 2.30.